The molecule has 3 fully saturated rings. The predicted octanol–water partition coefficient (Wildman–Crippen LogP) is 3.94. The van der Waals surface area contributed by atoms with Crippen LogP contribution in [-0.2, 0) is 0 Å². The first kappa shape index (κ1) is 14.2. The number of aliphatic imine (C=N–C) groups is 1. The van der Waals surface area contributed by atoms with Crippen molar-refractivity contribution in [3.63, 3.8) is 0 Å². The van der Waals surface area contributed by atoms with Gasteiger partial charge in [0.15, 0.2) is 0 Å². The summed E-state index contributed by atoms with van der Waals surface area (Å²) in [5, 5.41) is 3.46. The Morgan fingerprint density at radius 1 is 0.889 bits per heavy atom. The van der Waals surface area contributed by atoms with Crippen LogP contribution in [0.4, 0.5) is 0 Å². The predicted molar refractivity (Wildman–Crippen MR) is 79.6 cm³/mol. The molecule has 0 aromatic carbocycles. The van der Waals surface area contributed by atoms with Crippen molar-refractivity contribution >= 4 is 18.2 Å². The van der Waals surface area contributed by atoms with Crippen molar-refractivity contribution in [2.24, 2.45) is 16.8 Å². The second-order valence-corrected chi connectivity index (χ2v) is 6.17. The Morgan fingerprint density at radius 3 is 2.44 bits per heavy atom. The maximum absolute atomic E-state index is 5.04. The van der Waals surface area contributed by atoms with E-state index in [1.165, 1.54) is 70.0 Å². The van der Waals surface area contributed by atoms with E-state index >= 15 is 0 Å². The zero-order valence-corrected chi connectivity index (χ0v) is 12.2. The number of rotatable bonds is 2. The van der Waals surface area contributed by atoms with Crippen LogP contribution in [-0.4, -0.2) is 18.4 Å². The largest absolute Gasteiger partial charge is 0.374 e. The highest BCUT2D eigenvalue weighted by Crippen LogP contribution is 2.41. The lowest BCUT2D eigenvalue weighted by atomic mass is 9.78. The van der Waals surface area contributed by atoms with Crippen LogP contribution in [0.1, 0.15) is 64.2 Å². The van der Waals surface area contributed by atoms with Gasteiger partial charge in [-0.25, -0.2) is 0 Å². The van der Waals surface area contributed by atoms with Crippen molar-refractivity contribution < 1.29 is 0 Å². The summed E-state index contributed by atoms with van der Waals surface area (Å²) in [6.07, 6.45) is 14.1. The molecule has 0 bridgehead atoms. The molecule has 2 saturated carbocycles. The standard InChI is InChI=1S/C15H26N2.ClH/c1-2-6-12(7-3-1)13-8-4-9-14(13)17-15-10-5-11-16-15;/h12-14H,1-11H2,(H,16,17);1H/t13-,14-;/m0./s1. The monoisotopic (exact) mass is 270 g/mol. The molecule has 0 unspecified atom stereocenters. The Hall–Kier alpha value is -0.240. The maximum atomic E-state index is 5.04. The number of hydrogen-bond acceptors (Lipinski definition) is 1. The van der Waals surface area contributed by atoms with Crippen LogP contribution in [0.2, 0.25) is 0 Å². The van der Waals surface area contributed by atoms with Gasteiger partial charge in [-0.15, -0.1) is 12.4 Å². The zero-order valence-electron chi connectivity index (χ0n) is 11.4. The summed E-state index contributed by atoms with van der Waals surface area (Å²) < 4.78 is 0. The van der Waals surface area contributed by atoms with Crippen LogP contribution in [0, 0.1) is 11.8 Å². The van der Waals surface area contributed by atoms with Crippen LogP contribution in [0.5, 0.6) is 0 Å². The molecule has 0 amide bonds. The van der Waals surface area contributed by atoms with Crippen LogP contribution < -0.4 is 5.32 Å². The van der Waals surface area contributed by atoms with Crippen LogP contribution >= 0.6 is 12.4 Å². The third-order valence-electron chi connectivity index (χ3n) is 5.03. The van der Waals surface area contributed by atoms with E-state index in [1.54, 1.807) is 0 Å². The fourth-order valence-electron chi connectivity index (χ4n) is 4.13. The van der Waals surface area contributed by atoms with E-state index in [4.69, 9.17) is 4.99 Å². The van der Waals surface area contributed by atoms with Gasteiger partial charge in [0.05, 0.1) is 11.9 Å². The molecule has 2 aliphatic carbocycles. The van der Waals surface area contributed by atoms with Gasteiger partial charge in [-0.3, -0.25) is 4.99 Å². The number of halogens is 1. The average Bonchev–Trinajstić information content (AvgIpc) is 3.02. The van der Waals surface area contributed by atoms with Gasteiger partial charge >= 0.3 is 0 Å². The van der Waals surface area contributed by atoms with Crippen LogP contribution in [0.25, 0.3) is 0 Å². The third-order valence-corrected chi connectivity index (χ3v) is 5.03. The minimum Gasteiger partial charge on any atom is -0.374 e. The smallest absolute Gasteiger partial charge is 0.0967 e. The summed E-state index contributed by atoms with van der Waals surface area (Å²) in [6.45, 7) is 1.15. The molecular weight excluding hydrogens is 244 g/mol. The van der Waals surface area contributed by atoms with Crippen LogP contribution in [0.3, 0.4) is 0 Å². The fraction of sp³-hybridized carbons (Fsp3) is 0.933. The van der Waals surface area contributed by atoms with Gasteiger partial charge in [-0.05, 0) is 31.1 Å². The summed E-state index contributed by atoms with van der Waals surface area (Å²) in [5.74, 6) is 3.24. The molecule has 3 aliphatic rings. The summed E-state index contributed by atoms with van der Waals surface area (Å²) in [6, 6.07) is 0.665. The van der Waals surface area contributed by atoms with E-state index in [0.717, 1.165) is 18.4 Å². The van der Waals surface area contributed by atoms with E-state index in [0.29, 0.717) is 6.04 Å². The molecule has 0 aromatic rings. The van der Waals surface area contributed by atoms with Gasteiger partial charge in [0.1, 0.15) is 0 Å². The molecule has 18 heavy (non-hydrogen) atoms. The lowest BCUT2D eigenvalue weighted by Crippen LogP contribution is -2.26. The van der Waals surface area contributed by atoms with E-state index in [9.17, 15) is 0 Å². The molecule has 1 aliphatic heterocycles. The molecule has 3 heteroatoms. The molecule has 1 saturated heterocycles. The van der Waals surface area contributed by atoms with Crippen molar-refractivity contribution in [1.29, 1.82) is 0 Å². The molecule has 0 radical (unpaired) electrons. The molecule has 104 valence electrons. The Labute approximate surface area is 117 Å². The lowest BCUT2D eigenvalue weighted by Gasteiger charge is -2.30. The summed E-state index contributed by atoms with van der Waals surface area (Å²) >= 11 is 0. The minimum absolute atomic E-state index is 0. The summed E-state index contributed by atoms with van der Waals surface area (Å²) in [7, 11) is 0. The number of amidine groups is 1. The quantitative estimate of drug-likeness (QED) is 0.808. The van der Waals surface area contributed by atoms with E-state index in [2.05, 4.69) is 5.32 Å². The lowest BCUT2D eigenvalue weighted by molar-refractivity contribution is 0.235. The minimum atomic E-state index is 0. The molecule has 1 N–H and O–H groups in total. The van der Waals surface area contributed by atoms with Crippen molar-refractivity contribution in [3.05, 3.63) is 0 Å². The molecule has 2 atom stereocenters. The van der Waals surface area contributed by atoms with E-state index in [1.807, 2.05) is 0 Å². The molecular formula is C15H27ClN2. The van der Waals surface area contributed by atoms with Gasteiger partial charge in [0.25, 0.3) is 0 Å². The first-order valence-corrected chi connectivity index (χ1v) is 7.74. The number of hydrogen-bond donors (Lipinski definition) is 1. The molecule has 2 nitrogen and oxygen atoms in total. The van der Waals surface area contributed by atoms with Gasteiger partial charge < -0.3 is 5.32 Å². The first-order chi connectivity index (χ1) is 8.43. The Bertz CT molecular complexity index is 276. The van der Waals surface area contributed by atoms with Crippen molar-refractivity contribution in [3.8, 4) is 0 Å². The molecule has 1 heterocycles. The van der Waals surface area contributed by atoms with Gasteiger partial charge in [0.2, 0.25) is 0 Å². The topological polar surface area (TPSA) is 24.4 Å². The highest BCUT2D eigenvalue weighted by molar-refractivity contribution is 5.85. The van der Waals surface area contributed by atoms with E-state index in [-0.39, 0.29) is 12.4 Å². The highest BCUT2D eigenvalue weighted by Gasteiger charge is 2.34. The normalized spacial score (nSPS) is 35.4. The van der Waals surface area contributed by atoms with Crippen molar-refractivity contribution in [1.82, 2.24) is 5.32 Å². The van der Waals surface area contributed by atoms with Gasteiger partial charge in [-0.2, -0.15) is 0 Å². The molecule has 3 rings (SSSR count). The molecule has 0 spiro atoms. The Balaban J connectivity index is 0.00000120. The Morgan fingerprint density at radius 2 is 1.72 bits per heavy atom. The summed E-state index contributed by atoms with van der Waals surface area (Å²) in [4.78, 5) is 5.04. The average molecular weight is 271 g/mol. The summed E-state index contributed by atoms with van der Waals surface area (Å²) in [5.41, 5.74) is 0. The Kier molecular flexibility index (Phi) is 5.35. The van der Waals surface area contributed by atoms with Crippen LogP contribution in [0.15, 0.2) is 4.99 Å². The third kappa shape index (κ3) is 3.20. The highest BCUT2D eigenvalue weighted by atomic mass is 35.5. The van der Waals surface area contributed by atoms with Gasteiger partial charge in [-0.1, -0.05) is 38.5 Å². The fourth-order valence-corrected chi connectivity index (χ4v) is 4.13. The second kappa shape index (κ2) is 6.79. The SMILES string of the molecule is C1CCC([C@@H]2CCC[C@@H]2/N=C2\CCCN2)CC1.Cl. The first-order valence-electron chi connectivity index (χ1n) is 7.74. The maximum Gasteiger partial charge on any atom is 0.0967 e. The zero-order chi connectivity index (χ0) is 11.5. The molecule has 0 aromatic heterocycles. The van der Waals surface area contributed by atoms with E-state index < -0.39 is 0 Å². The number of nitrogens with one attached hydrogen (secondary N) is 1. The second-order valence-electron chi connectivity index (χ2n) is 6.17. The van der Waals surface area contributed by atoms with Gasteiger partial charge in [0, 0.05) is 13.0 Å². The number of nitrogens with zero attached hydrogens (tertiary/aromatic N) is 1. The van der Waals surface area contributed by atoms with Crippen molar-refractivity contribution in [2.45, 2.75) is 70.3 Å². The van der Waals surface area contributed by atoms with Crippen molar-refractivity contribution in [2.75, 3.05) is 6.54 Å².